The number of rotatable bonds is 13. The normalized spacial score (nSPS) is 12.5. The van der Waals surface area contributed by atoms with Crippen LogP contribution in [0.25, 0.3) is 5.82 Å². The molecule has 2 N–H and O–H groups in total. The van der Waals surface area contributed by atoms with Crippen molar-refractivity contribution < 1.29 is 0 Å². The average Bonchev–Trinajstić information content (AvgIpc) is 3.22. The summed E-state index contributed by atoms with van der Waals surface area (Å²) < 4.78 is 2.59. The Hall–Kier alpha value is -2.82. The van der Waals surface area contributed by atoms with E-state index in [1.165, 1.54) is 5.56 Å². The molecule has 1 heterocycles. The highest BCUT2D eigenvalue weighted by Gasteiger charge is 2.13. The van der Waals surface area contributed by atoms with Gasteiger partial charge in [0.15, 0.2) is 5.82 Å². The summed E-state index contributed by atoms with van der Waals surface area (Å²) in [5.74, 6) is 1.83. The van der Waals surface area contributed by atoms with E-state index in [1.54, 1.807) is 10.9 Å². The van der Waals surface area contributed by atoms with Crippen molar-refractivity contribution in [3.05, 3.63) is 64.9 Å². The fraction of sp³-hybridized carbons (Fsp3) is 0.407. The molecule has 0 bridgehead atoms. The van der Waals surface area contributed by atoms with Gasteiger partial charge in [0, 0.05) is 44.0 Å². The third-order valence-electron chi connectivity index (χ3n) is 4.74. The van der Waals surface area contributed by atoms with Crippen molar-refractivity contribution in [2.75, 3.05) is 32.0 Å². The zero-order valence-corrected chi connectivity index (χ0v) is 22.7. The van der Waals surface area contributed by atoms with Gasteiger partial charge in [-0.2, -0.15) is 9.78 Å². The molecule has 1 atom stereocenters. The van der Waals surface area contributed by atoms with E-state index in [2.05, 4.69) is 98.8 Å². The van der Waals surface area contributed by atoms with E-state index in [-0.39, 0.29) is 5.92 Å². The summed E-state index contributed by atoms with van der Waals surface area (Å²) in [6, 6.07) is 13.0. The number of nitrogens with one attached hydrogen (secondary N) is 2. The van der Waals surface area contributed by atoms with Gasteiger partial charge in [0.1, 0.15) is 5.82 Å². The minimum atomic E-state index is 0.249. The van der Waals surface area contributed by atoms with Gasteiger partial charge in [0.2, 0.25) is 0 Å². The van der Waals surface area contributed by atoms with Gasteiger partial charge in [0.05, 0.1) is 10.7 Å². The maximum atomic E-state index is 5.48. The zero-order valence-electron chi connectivity index (χ0n) is 21.1. The average molecular weight is 528 g/mol. The summed E-state index contributed by atoms with van der Waals surface area (Å²) in [7, 11) is 2.12. The quantitative estimate of drug-likeness (QED) is 0.194. The molecule has 0 aliphatic heterocycles. The van der Waals surface area contributed by atoms with Crippen LogP contribution in [0.3, 0.4) is 0 Å². The van der Waals surface area contributed by atoms with Crippen LogP contribution in [-0.2, 0) is 6.42 Å². The number of aromatic nitrogens is 2. The molecule has 0 saturated heterocycles. The van der Waals surface area contributed by atoms with E-state index >= 15 is 0 Å². The van der Waals surface area contributed by atoms with Gasteiger partial charge in [-0.05, 0) is 47.5 Å². The predicted molar refractivity (Wildman–Crippen MR) is 151 cm³/mol. The molecule has 34 heavy (non-hydrogen) atoms. The molecule has 2 rings (SSSR count). The summed E-state index contributed by atoms with van der Waals surface area (Å²) in [4.78, 5) is 6.63. The Morgan fingerprint density at radius 2 is 2.06 bits per heavy atom. The molecule has 0 aliphatic carbocycles. The topological polar surface area (TPSA) is 57.5 Å². The Morgan fingerprint density at radius 1 is 1.32 bits per heavy atom. The first-order valence-electron chi connectivity index (χ1n) is 11.9. The maximum absolute atomic E-state index is 5.48. The predicted octanol–water partition coefficient (Wildman–Crippen LogP) is 5.87. The Balaban J connectivity index is 0.00000281. The van der Waals surface area contributed by atoms with Crippen molar-refractivity contribution in [2.45, 2.75) is 40.5 Å². The van der Waals surface area contributed by atoms with Gasteiger partial charge < -0.3 is 10.2 Å². The Morgan fingerprint density at radius 3 is 2.74 bits per heavy atom. The Kier molecular flexibility index (Phi) is 15.1. The van der Waals surface area contributed by atoms with Crippen LogP contribution in [0.1, 0.15) is 39.7 Å². The molecule has 0 spiro atoms. The molecule has 6 nitrogen and oxygen atoms in total. The molecule has 0 amide bonds. The van der Waals surface area contributed by atoms with Crippen molar-refractivity contribution in [1.29, 1.82) is 0 Å². The van der Waals surface area contributed by atoms with E-state index in [1.807, 2.05) is 38.4 Å². The van der Waals surface area contributed by atoms with Crippen molar-refractivity contribution in [1.82, 2.24) is 20.0 Å². The van der Waals surface area contributed by atoms with E-state index in [4.69, 9.17) is 6.42 Å². The number of hydrogen-bond donors (Lipinski definition) is 2. The second kappa shape index (κ2) is 17.6. The smallest absolute Gasteiger partial charge is 0.157 e. The number of hydrogen-bond acceptors (Lipinski definition) is 5. The molecule has 1 unspecified atom stereocenters. The third-order valence-corrected chi connectivity index (χ3v) is 5.32. The Bertz CT molecular complexity index is 940. The van der Waals surface area contributed by atoms with Gasteiger partial charge in [-0.15, -0.1) is 0 Å². The van der Waals surface area contributed by atoms with E-state index < -0.39 is 0 Å². The minimum Gasteiger partial charge on any atom is -0.370 e. The first-order valence-corrected chi connectivity index (χ1v) is 12.6. The van der Waals surface area contributed by atoms with Crippen molar-refractivity contribution >= 4 is 33.8 Å². The zero-order chi connectivity index (χ0) is 25.2. The molecule has 184 valence electrons. The standard InChI is InChI=1S/C25H33BrN6.C2H6/c1-5-7-15-27-18-21(3)19-29-24(32-25(28-6-2)23(26)20-30-32)14-17-31(4)16-13-22-11-9-8-10-12-22;1-2/h2,7-12,14-15,18,20-21,28-29H,5,13,16-17,19H2,1,3-4H3;1-2H3/b15-7-,24-14-,27-18?;. The highest BCUT2D eigenvalue weighted by Crippen LogP contribution is 2.23. The van der Waals surface area contributed by atoms with Gasteiger partial charge in [-0.1, -0.05) is 70.5 Å². The number of terminal acetylenes is 1. The summed E-state index contributed by atoms with van der Waals surface area (Å²) in [6.07, 6.45) is 17.2. The summed E-state index contributed by atoms with van der Waals surface area (Å²) in [5, 5.41) is 10.9. The van der Waals surface area contributed by atoms with Crippen molar-refractivity contribution in [3.63, 3.8) is 0 Å². The molecule has 0 aliphatic rings. The SMILES string of the molecule is C#CNc1c(Br)cnn1/C(=C\CN(C)CCc1ccccc1)NCC(C)C=N/C=C\CC.CC. The summed E-state index contributed by atoms with van der Waals surface area (Å²) in [5.41, 5.74) is 1.34. The number of allylic oxidation sites excluding steroid dienone is 1. The van der Waals surface area contributed by atoms with E-state index in [0.29, 0.717) is 5.82 Å². The molecule has 0 saturated carbocycles. The first-order chi connectivity index (χ1) is 16.5. The monoisotopic (exact) mass is 526 g/mol. The number of anilines is 1. The number of nitrogens with zero attached hydrogens (tertiary/aromatic N) is 4. The van der Waals surface area contributed by atoms with E-state index in [9.17, 15) is 0 Å². The van der Waals surface area contributed by atoms with Crippen LogP contribution in [0.15, 0.2) is 64.3 Å². The lowest BCUT2D eigenvalue weighted by atomic mass is 10.1. The number of benzene rings is 1. The number of likely N-dealkylation sites (N-methyl/N-ethyl adjacent to an activating group) is 1. The highest BCUT2D eigenvalue weighted by molar-refractivity contribution is 9.10. The fourth-order valence-electron chi connectivity index (χ4n) is 2.91. The first kappa shape index (κ1) is 29.2. The van der Waals surface area contributed by atoms with Gasteiger partial charge in [-0.25, -0.2) is 0 Å². The molecule has 1 aromatic carbocycles. The van der Waals surface area contributed by atoms with Crippen LogP contribution in [0.2, 0.25) is 0 Å². The van der Waals surface area contributed by atoms with Crippen LogP contribution < -0.4 is 10.6 Å². The van der Waals surface area contributed by atoms with Crippen LogP contribution in [-0.4, -0.2) is 47.6 Å². The third kappa shape index (κ3) is 10.9. The van der Waals surface area contributed by atoms with Gasteiger partial charge >= 0.3 is 0 Å². The fourth-order valence-corrected chi connectivity index (χ4v) is 3.26. The van der Waals surface area contributed by atoms with Crippen LogP contribution in [0, 0.1) is 18.4 Å². The van der Waals surface area contributed by atoms with Crippen LogP contribution in [0.4, 0.5) is 5.82 Å². The Labute approximate surface area is 214 Å². The second-order valence-corrected chi connectivity index (χ2v) is 8.41. The van der Waals surface area contributed by atoms with E-state index in [0.717, 1.165) is 42.8 Å². The number of halogens is 1. The molecule has 0 radical (unpaired) electrons. The lowest BCUT2D eigenvalue weighted by Crippen LogP contribution is -2.27. The van der Waals surface area contributed by atoms with Gasteiger partial charge in [-0.3, -0.25) is 10.3 Å². The van der Waals surface area contributed by atoms with Crippen LogP contribution in [0.5, 0.6) is 0 Å². The minimum absolute atomic E-state index is 0.249. The number of aliphatic imine (C=N–C) groups is 1. The van der Waals surface area contributed by atoms with Crippen LogP contribution >= 0.6 is 15.9 Å². The van der Waals surface area contributed by atoms with Gasteiger partial charge in [0.25, 0.3) is 0 Å². The molecule has 0 fully saturated rings. The van der Waals surface area contributed by atoms with Crippen molar-refractivity contribution in [3.8, 4) is 12.5 Å². The summed E-state index contributed by atoms with van der Waals surface area (Å²) >= 11 is 3.51. The molecule has 1 aromatic heterocycles. The molecular weight excluding hydrogens is 488 g/mol. The largest absolute Gasteiger partial charge is 0.370 e. The lowest BCUT2D eigenvalue weighted by molar-refractivity contribution is 0.374. The lowest BCUT2D eigenvalue weighted by Gasteiger charge is -2.18. The molecular formula is C27H39BrN6. The van der Waals surface area contributed by atoms with Crippen molar-refractivity contribution in [2.24, 2.45) is 10.9 Å². The highest BCUT2D eigenvalue weighted by atomic mass is 79.9. The molecule has 2 aromatic rings. The molecule has 7 heteroatoms. The second-order valence-electron chi connectivity index (χ2n) is 7.56. The summed E-state index contributed by atoms with van der Waals surface area (Å²) in [6.45, 7) is 10.7. The maximum Gasteiger partial charge on any atom is 0.157 e.